The maximum atomic E-state index is 13.0. The standard InChI is InChI=1S/C20H17F2N5O3S/c1-11-8-17(19(21)22)25-12(2)18(11)30-20-16(27-31(3,28)29)5-4-15(26-20)13-6-7-24-14(9-13)10-23/h4-9,19,27H,1-3H3. The average Bonchev–Trinajstić information content (AvgIpc) is 2.70. The Morgan fingerprint density at radius 3 is 2.52 bits per heavy atom. The quantitative estimate of drug-likeness (QED) is 0.606. The highest BCUT2D eigenvalue weighted by atomic mass is 32.2. The van der Waals surface area contributed by atoms with Crippen LogP contribution >= 0.6 is 0 Å². The summed E-state index contributed by atoms with van der Waals surface area (Å²) in [5, 5.41) is 9.06. The highest BCUT2D eigenvalue weighted by Gasteiger charge is 2.19. The second-order valence-electron chi connectivity index (χ2n) is 6.65. The number of aryl methyl sites for hydroxylation is 2. The molecule has 0 aliphatic carbocycles. The van der Waals surface area contributed by atoms with Crippen molar-refractivity contribution in [2.24, 2.45) is 0 Å². The van der Waals surface area contributed by atoms with Crippen LogP contribution in [0.2, 0.25) is 0 Å². The van der Waals surface area contributed by atoms with Crippen LogP contribution in [0.4, 0.5) is 14.5 Å². The van der Waals surface area contributed by atoms with Gasteiger partial charge in [0.15, 0.2) is 5.75 Å². The minimum absolute atomic E-state index is 0.0533. The Kier molecular flexibility index (Phi) is 6.12. The summed E-state index contributed by atoms with van der Waals surface area (Å²) < 4.78 is 57.7. The zero-order valence-corrected chi connectivity index (χ0v) is 17.5. The molecular formula is C20H17F2N5O3S. The first kappa shape index (κ1) is 22.0. The van der Waals surface area contributed by atoms with Crippen molar-refractivity contribution >= 4 is 15.7 Å². The number of anilines is 1. The fourth-order valence-electron chi connectivity index (χ4n) is 2.82. The molecule has 0 fully saturated rings. The van der Waals surface area contributed by atoms with Gasteiger partial charge in [0.1, 0.15) is 23.1 Å². The molecule has 0 saturated heterocycles. The Hall–Kier alpha value is -3.65. The molecule has 0 saturated carbocycles. The summed E-state index contributed by atoms with van der Waals surface area (Å²) in [5.74, 6) is 0.0779. The van der Waals surface area contributed by atoms with Crippen LogP contribution in [0.15, 0.2) is 36.5 Å². The average molecular weight is 445 g/mol. The van der Waals surface area contributed by atoms with Crippen molar-refractivity contribution in [2.75, 3.05) is 11.0 Å². The molecule has 0 radical (unpaired) electrons. The Morgan fingerprint density at radius 1 is 1.16 bits per heavy atom. The predicted octanol–water partition coefficient (Wildman–Crippen LogP) is 4.13. The van der Waals surface area contributed by atoms with E-state index in [9.17, 15) is 17.2 Å². The Bertz CT molecular complexity index is 1270. The maximum Gasteiger partial charge on any atom is 0.280 e. The number of sulfonamides is 1. The molecule has 3 aromatic rings. The van der Waals surface area contributed by atoms with Gasteiger partial charge in [-0.1, -0.05) is 0 Å². The molecule has 3 aromatic heterocycles. The third-order valence-electron chi connectivity index (χ3n) is 4.10. The molecule has 3 rings (SSSR count). The largest absolute Gasteiger partial charge is 0.435 e. The first-order valence-electron chi connectivity index (χ1n) is 8.87. The van der Waals surface area contributed by atoms with E-state index < -0.39 is 16.4 Å². The maximum absolute atomic E-state index is 13.0. The van der Waals surface area contributed by atoms with Crippen LogP contribution in [0.25, 0.3) is 11.3 Å². The zero-order chi connectivity index (χ0) is 22.8. The van der Waals surface area contributed by atoms with Gasteiger partial charge in [-0.25, -0.2) is 32.2 Å². The van der Waals surface area contributed by atoms with Gasteiger partial charge in [0, 0.05) is 11.8 Å². The van der Waals surface area contributed by atoms with Gasteiger partial charge in [-0.15, -0.1) is 0 Å². The van der Waals surface area contributed by atoms with Gasteiger partial charge in [0.25, 0.3) is 6.43 Å². The van der Waals surface area contributed by atoms with Crippen molar-refractivity contribution in [3.05, 3.63) is 59.2 Å². The van der Waals surface area contributed by atoms with E-state index >= 15 is 0 Å². The molecule has 0 unspecified atom stereocenters. The van der Waals surface area contributed by atoms with Gasteiger partial charge in [-0.2, -0.15) is 5.26 Å². The molecule has 0 atom stereocenters. The summed E-state index contributed by atoms with van der Waals surface area (Å²) in [7, 11) is -3.66. The summed E-state index contributed by atoms with van der Waals surface area (Å²) in [6, 6.07) is 9.28. The number of nitrogens with one attached hydrogen (secondary N) is 1. The van der Waals surface area contributed by atoms with Crippen molar-refractivity contribution in [1.82, 2.24) is 15.0 Å². The van der Waals surface area contributed by atoms with Gasteiger partial charge in [-0.05, 0) is 49.7 Å². The summed E-state index contributed by atoms with van der Waals surface area (Å²) >= 11 is 0. The smallest absolute Gasteiger partial charge is 0.280 e. The van der Waals surface area contributed by atoms with Crippen LogP contribution in [0.3, 0.4) is 0 Å². The summed E-state index contributed by atoms with van der Waals surface area (Å²) in [6.45, 7) is 3.08. The first-order chi connectivity index (χ1) is 14.6. The number of hydrogen-bond acceptors (Lipinski definition) is 7. The number of aromatic nitrogens is 3. The molecule has 0 aromatic carbocycles. The van der Waals surface area contributed by atoms with E-state index in [1.54, 1.807) is 19.1 Å². The van der Waals surface area contributed by atoms with E-state index in [4.69, 9.17) is 10.00 Å². The highest BCUT2D eigenvalue weighted by Crippen LogP contribution is 2.35. The molecule has 8 nitrogen and oxygen atoms in total. The van der Waals surface area contributed by atoms with Crippen LogP contribution in [-0.2, 0) is 10.0 Å². The fraction of sp³-hybridized carbons (Fsp3) is 0.200. The van der Waals surface area contributed by atoms with Crippen molar-refractivity contribution in [1.29, 1.82) is 5.26 Å². The molecule has 3 heterocycles. The topological polar surface area (TPSA) is 118 Å². The Balaban J connectivity index is 2.11. The van der Waals surface area contributed by atoms with Crippen LogP contribution in [-0.4, -0.2) is 29.6 Å². The number of nitrogens with zero attached hydrogens (tertiary/aromatic N) is 4. The molecule has 31 heavy (non-hydrogen) atoms. The Labute approximate surface area is 177 Å². The number of hydrogen-bond donors (Lipinski definition) is 1. The number of pyridine rings is 3. The lowest BCUT2D eigenvalue weighted by Gasteiger charge is -2.16. The second-order valence-corrected chi connectivity index (χ2v) is 8.39. The van der Waals surface area contributed by atoms with Gasteiger partial charge in [0.2, 0.25) is 15.9 Å². The minimum atomic E-state index is -3.66. The molecule has 0 spiro atoms. The van der Waals surface area contributed by atoms with Crippen LogP contribution in [0, 0.1) is 25.2 Å². The lowest BCUT2D eigenvalue weighted by Crippen LogP contribution is -2.11. The van der Waals surface area contributed by atoms with Gasteiger partial charge in [-0.3, -0.25) is 4.72 Å². The van der Waals surface area contributed by atoms with E-state index in [1.165, 1.54) is 31.3 Å². The van der Waals surface area contributed by atoms with E-state index in [2.05, 4.69) is 19.7 Å². The highest BCUT2D eigenvalue weighted by molar-refractivity contribution is 7.92. The number of nitriles is 1. The van der Waals surface area contributed by atoms with Crippen molar-refractivity contribution in [3.63, 3.8) is 0 Å². The van der Waals surface area contributed by atoms with Crippen LogP contribution < -0.4 is 9.46 Å². The first-order valence-corrected chi connectivity index (χ1v) is 10.8. The third kappa shape index (κ3) is 5.29. The molecule has 11 heteroatoms. The molecule has 0 aliphatic rings. The fourth-order valence-corrected chi connectivity index (χ4v) is 3.37. The molecule has 0 bridgehead atoms. The molecule has 1 N–H and O–H groups in total. The van der Waals surface area contributed by atoms with Gasteiger partial charge in [0.05, 0.1) is 17.6 Å². The molecule has 0 aliphatic heterocycles. The molecular weight excluding hydrogens is 428 g/mol. The SMILES string of the molecule is Cc1cc(C(F)F)nc(C)c1Oc1nc(-c2ccnc(C#N)c2)ccc1NS(C)(=O)=O. The van der Waals surface area contributed by atoms with Crippen molar-refractivity contribution in [3.8, 4) is 29.0 Å². The van der Waals surface area contributed by atoms with Crippen LogP contribution in [0.5, 0.6) is 11.6 Å². The summed E-state index contributed by atoms with van der Waals surface area (Å²) in [6.07, 6.45) is -0.321. The molecule has 0 amide bonds. The number of rotatable bonds is 6. The van der Waals surface area contributed by atoms with E-state index in [-0.39, 0.29) is 34.4 Å². The van der Waals surface area contributed by atoms with E-state index in [0.717, 1.165) is 6.26 Å². The monoisotopic (exact) mass is 445 g/mol. The number of halogens is 2. The lowest BCUT2D eigenvalue weighted by atomic mass is 10.1. The Morgan fingerprint density at radius 2 is 1.90 bits per heavy atom. The van der Waals surface area contributed by atoms with Crippen LogP contribution in [0.1, 0.15) is 29.1 Å². The molecule has 160 valence electrons. The third-order valence-corrected chi connectivity index (χ3v) is 4.69. The van der Waals surface area contributed by atoms with Gasteiger partial charge >= 0.3 is 0 Å². The minimum Gasteiger partial charge on any atom is -0.435 e. The van der Waals surface area contributed by atoms with Gasteiger partial charge < -0.3 is 4.74 Å². The van der Waals surface area contributed by atoms with Crippen molar-refractivity contribution in [2.45, 2.75) is 20.3 Å². The van der Waals surface area contributed by atoms with E-state index in [1.807, 2.05) is 6.07 Å². The van der Waals surface area contributed by atoms with E-state index in [0.29, 0.717) is 16.8 Å². The lowest BCUT2D eigenvalue weighted by molar-refractivity contribution is 0.145. The zero-order valence-electron chi connectivity index (χ0n) is 16.7. The summed E-state index contributed by atoms with van der Waals surface area (Å²) in [5.41, 5.74) is 1.37. The summed E-state index contributed by atoms with van der Waals surface area (Å²) in [4.78, 5) is 12.1. The normalized spacial score (nSPS) is 11.3. The number of alkyl halides is 2. The van der Waals surface area contributed by atoms with Crippen molar-refractivity contribution < 1.29 is 21.9 Å². The second kappa shape index (κ2) is 8.61. The number of ether oxygens (including phenoxy) is 1. The predicted molar refractivity (Wildman–Crippen MR) is 109 cm³/mol.